The largest absolute Gasteiger partial charge is 0.352 e. The number of sulfonamides is 1. The number of carbonyl (C=O) groups excluding carboxylic acids is 1. The maximum Gasteiger partial charge on any atom is 0.240 e. The van der Waals surface area contributed by atoms with E-state index >= 15 is 0 Å². The van der Waals surface area contributed by atoms with E-state index in [1.165, 1.54) is 0 Å². The number of amides is 1. The van der Waals surface area contributed by atoms with E-state index in [2.05, 4.69) is 15.0 Å². The summed E-state index contributed by atoms with van der Waals surface area (Å²) in [6.07, 6.45) is 4.25. The number of nitrogens with one attached hydrogen (secondary N) is 2. The molecule has 0 saturated heterocycles. The maximum atomic E-state index is 12.4. The van der Waals surface area contributed by atoms with Crippen molar-refractivity contribution in [1.29, 1.82) is 0 Å². The van der Waals surface area contributed by atoms with Gasteiger partial charge in [0.15, 0.2) is 0 Å². The minimum absolute atomic E-state index is 0.0527. The highest BCUT2D eigenvalue weighted by Gasteiger charge is 2.13. The molecule has 6 nitrogen and oxygen atoms in total. The summed E-state index contributed by atoms with van der Waals surface area (Å²) in [6, 6.07) is 19.7. The normalized spacial score (nSPS) is 11.2. The van der Waals surface area contributed by atoms with Crippen LogP contribution in [0.4, 0.5) is 0 Å². The molecular weight excluding hydrogens is 386 g/mol. The Balaban J connectivity index is 1.48. The van der Waals surface area contributed by atoms with Crippen molar-refractivity contribution in [2.24, 2.45) is 0 Å². The van der Waals surface area contributed by atoms with E-state index in [1.807, 2.05) is 42.5 Å². The SMILES string of the molecule is O=C(CCc1ccc(S(=O)(=O)NCc2ccccc2)cc1)NCc1ccncc1. The third kappa shape index (κ3) is 6.51. The Bertz CT molecular complexity index is 1020. The monoisotopic (exact) mass is 409 g/mol. The zero-order valence-electron chi connectivity index (χ0n) is 15.9. The van der Waals surface area contributed by atoms with E-state index in [0.29, 0.717) is 19.4 Å². The van der Waals surface area contributed by atoms with Crippen LogP contribution in [0, 0.1) is 0 Å². The van der Waals surface area contributed by atoms with Crippen molar-refractivity contribution in [3.05, 3.63) is 95.8 Å². The van der Waals surface area contributed by atoms with Crippen LogP contribution in [0.15, 0.2) is 84.0 Å². The molecular formula is C22H23N3O3S. The van der Waals surface area contributed by atoms with E-state index in [4.69, 9.17) is 0 Å². The lowest BCUT2D eigenvalue weighted by Gasteiger charge is -2.08. The van der Waals surface area contributed by atoms with Crippen LogP contribution in [0.5, 0.6) is 0 Å². The minimum Gasteiger partial charge on any atom is -0.352 e. The van der Waals surface area contributed by atoms with Crippen LogP contribution < -0.4 is 10.0 Å². The Labute approximate surface area is 171 Å². The molecule has 0 unspecified atom stereocenters. The second kappa shape index (κ2) is 9.95. The van der Waals surface area contributed by atoms with Gasteiger partial charge in [0, 0.05) is 31.9 Å². The van der Waals surface area contributed by atoms with Crippen LogP contribution in [-0.2, 0) is 34.3 Å². The highest BCUT2D eigenvalue weighted by atomic mass is 32.2. The first-order valence-corrected chi connectivity index (χ1v) is 10.8. The number of aryl methyl sites for hydroxylation is 1. The Hall–Kier alpha value is -3.03. The van der Waals surface area contributed by atoms with Crippen LogP contribution in [0.3, 0.4) is 0 Å². The van der Waals surface area contributed by atoms with Gasteiger partial charge in [-0.05, 0) is 47.4 Å². The first-order valence-electron chi connectivity index (χ1n) is 9.31. The van der Waals surface area contributed by atoms with Gasteiger partial charge in [0.1, 0.15) is 0 Å². The molecule has 0 radical (unpaired) electrons. The number of benzene rings is 2. The third-order valence-corrected chi connectivity index (χ3v) is 5.84. The first-order chi connectivity index (χ1) is 14.0. The lowest BCUT2D eigenvalue weighted by Crippen LogP contribution is -2.23. The second-order valence-electron chi connectivity index (χ2n) is 6.59. The van der Waals surface area contributed by atoms with Crippen LogP contribution in [0.25, 0.3) is 0 Å². The summed E-state index contributed by atoms with van der Waals surface area (Å²) in [5, 5.41) is 2.86. The predicted molar refractivity (Wildman–Crippen MR) is 111 cm³/mol. The van der Waals surface area contributed by atoms with Gasteiger partial charge in [-0.25, -0.2) is 13.1 Å². The molecule has 0 atom stereocenters. The summed E-state index contributed by atoms with van der Waals surface area (Å²) in [5.74, 6) is -0.0527. The third-order valence-electron chi connectivity index (χ3n) is 4.42. The average Bonchev–Trinajstić information content (AvgIpc) is 2.77. The molecule has 150 valence electrons. The zero-order chi connectivity index (χ0) is 20.5. The number of hydrogen-bond donors (Lipinski definition) is 2. The number of pyridine rings is 1. The molecule has 0 fully saturated rings. The van der Waals surface area contributed by atoms with Crippen molar-refractivity contribution >= 4 is 15.9 Å². The molecule has 0 aliphatic rings. The Morgan fingerprint density at radius 2 is 1.45 bits per heavy atom. The maximum absolute atomic E-state index is 12.4. The molecule has 0 bridgehead atoms. The lowest BCUT2D eigenvalue weighted by atomic mass is 10.1. The molecule has 0 saturated carbocycles. The van der Waals surface area contributed by atoms with Crippen LogP contribution in [-0.4, -0.2) is 19.3 Å². The second-order valence-corrected chi connectivity index (χ2v) is 8.35. The van der Waals surface area contributed by atoms with Crippen LogP contribution in [0.2, 0.25) is 0 Å². The van der Waals surface area contributed by atoms with Gasteiger partial charge in [-0.2, -0.15) is 0 Å². The molecule has 1 aromatic heterocycles. The van der Waals surface area contributed by atoms with Gasteiger partial charge in [-0.3, -0.25) is 9.78 Å². The topological polar surface area (TPSA) is 88.2 Å². The van der Waals surface area contributed by atoms with E-state index in [0.717, 1.165) is 16.7 Å². The summed E-state index contributed by atoms with van der Waals surface area (Å²) in [4.78, 5) is 16.2. The van der Waals surface area contributed by atoms with Gasteiger partial charge in [0.05, 0.1) is 4.90 Å². The highest BCUT2D eigenvalue weighted by molar-refractivity contribution is 7.89. The van der Waals surface area contributed by atoms with Crippen molar-refractivity contribution < 1.29 is 13.2 Å². The summed E-state index contributed by atoms with van der Waals surface area (Å²) in [6.45, 7) is 0.703. The molecule has 0 spiro atoms. The van der Waals surface area contributed by atoms with Gasteiger partial charge in [-0.15, -0.1) is 0 Å². The highest BCUT2D eigenvalue weighted by Crippen LogP contribution is 2.13. The van der Waals surface area contributed by atoms with Crippen LogP contribution in [0.1, 0.15) is 23.1 Å². The fourth-order valence-electron chi connectivity index (χ4n) is 2.74. The molecule has 2 aromatic carbocycles. The van der Waals surface area contributed by atoms with Gasteiger partial charge in [-0.1, -0.05) is 42.5 Å². The number of aromatic nitrogens is 1. The molecule has 1 amide bonds. The average molecular weight is 410 g/mol. The molecule has 3 rings (SSSR count). The number of rotatable bonds is 9. The van der Waals surface area contributed by atoms with Crippen molar-refractivity contribution in [1.82, 2.24) is 15.0 Å². The van der Waals surface area contributed by atoms with E-state index in [1.54, 1.807) is 36.7 Å². The zero-order valence-corrected chi connectivity index (χ0v) is 16.7. The van der Waals surface area contributed by atoms with E-state index in [9.17, 15) is 13.2 Å². The van der Waals surface area contributed by atoms with Crippen molar-refractivity contribution in [2.75, 3.05) is 0 Å². The van der Waals surface area contributed by atoms with Crippen molar-refractivity contribution in [3.63, 3.8) is 0 Å². The summed E-state index contributed by atoms with van der Waals surface area (Å²) < 4.78 is 27.4. The van der Waals surface area contributed by atoms with E-state index < -0.39 is 10.0 Å². The molecule has 0 aliphatic heterocycles. The van der Waals surface area contributed by atoms with Crippen molar-refractivity contribution in [2.45, 2.75) is 30.8 Å². The smallest absolute Gasteiger partial charge is 0.240 e. The van der Waals surface area contributed by atoms with Gasteiger partial charge >= 0.3 is 0 Å². The number of hydrogen-bond acceptors (Lipinski definition) is 4. The summed E-state index contributed by atoms with van der Waals surface area (Å²) >= 11 is 0. The van der Waals surface area contributed by atoms with E-state index in [-0.39, 0.29) is 17.3 Å². The molecule has 29 heavy (non-hydrogen) atoms. The van der Waals surface area contributed by atoms with Gasteiger partial charge in [0.25, 0.3) is 0 Å². The summed E-state index contributed by atoms with van der Waals surface area (Å²) in [7, 11) is -3.58. The molecule has 7 heteroatoms. The van der Waals surface area contributed by atoms with Gasteiger partial charge < -0.3 is 5.32 Å². The number of nitrogens with zero attached hydrogens (tertiary/aromatic N) is 1. The fraction of sp³-hybridized carbons (Fsp3) is 0.182. The quantitative estimate of drug-likeness (QED) is 0.569. The number of carbonyl (C=O) groups is 1. The van der Waals surface area contributed by atoms with Crippen molar-refractivity contribution in [3.8, 4) is 0 Å². The summed E-state index contributed by atoms with van der Waals surface area (Å²) in [5.41, 5.74) is 2.79. The standard InChI is InChI=1S/C22H23N3O3S/c26-22(24-16-20-12-14-23-15-13-20)11-8-18-6-9-21(10-7-18)29(27,28)25-17-19-4-2-1-3-5-19/h1-7,9-10,12-15,25H,8,11,16-17H2,(H,24,26). The molecule has 2 N–H and O–H groups in total. The molecule has 1 heterocycles. The van der Waals surface area contributed by atoms with Gasteiger partial charge in [0.2, 0.25) is 15.9 Å². The fourth-order valence-corrected chi connectivity index (χ4v) is 3.76. The van der Waals surface area contributed by atoms with Crippen LogP contribution >= 0.6 is 0 Å². The minimum atomic E-state index is -3.58. The Kier molecular flexibility index (Phi) is 7.10. The Morgan fingerprint density at radius 3 is 2.14 bits per heavy atom. The predicted octanol–water partition coefficient (Wildman–Crippen LogP) is 2.81. The molecule has 0 aliphatic carbocycles. The molecule has 3 aromatic rings. The lowest BCUT2D eigenvalue weighted by molar-refractivity contribution is -0.121. The first kappa shape index (κ1) is 20.7. The Morgan fingerprint density at radius 1 is 0.793 bits per heavy atom.